The number of hydrogen-bond donors (Lipinski definition) is 1. The molecule has 1 fully saturated rings. The molecule has 1 aliphatic carbocycles. The van der Waals surface area contributed by atoms with Gasteiger partial charge in [0.1, 0.15) is 0 Å². The molecule has 0 spiro atoms. The van der Waals surface area contributed by atoms with Gasteiger partial charge in [-0.15, -0.1) is 11.3 Å². The topological polar surface area (TPSA) is 40.5 Å². The van der Waals surface area contributed by atoms with E-state index in [1.54, 1.807) is 17.4 Å². The zero-order chi connectivity index (χ0) is 18.1. The number of nitrogens with zero attached hydrogens (tertiary/aromatic N) is 1. The molecule has 4 rings (SSSR count). The molecule has 0 unspecified atom stereocenters. The molecule has 1 saturated heterocycles. The largest absolute Gasteiger partial charge is 0.478 e. The van der Waals surface area contributed by atoms with Gasteiger partial charge in [0.2, 0.25) is 0 Å². The fourth-order valence-corrected chi connectivity index (χ4v) is 4.80. The highest BCUT2D eigenvalue weighted by molar-refractivity contribution is 7.14. The Morgan fingerprint density at radius 3 is 2.65 bits per heavy atom. The van der Waals surface area contributed by atoms with E-state index < -0.39 is 5.97 Å². The quantitative estimate of drug-likeness (QED) is 0.661. The zero-order valence-electron chi connectivity index (χ0n) is 14.7. The first kappa shape index (κ1) is 17.0. The summed E-state index contributed by atoms with van der Waals surface area (Å²) >= 11 is 1.68. The summed E-state index contributed by atoms with van der Waals surface area (Å²) in [6, 6.07) is 10.7. The molecule has 0 atom stereocenters. The van der Waals surface area contributed by atoms with Crippen LogP contribution in [0.2, 0.25) is 0 Å². The minimum Gasteiger partial charge on any atom is -0.478 e. The molecule has 0 radical (unpaired) electrons. The van der Waals surface area contributed by atoms with Crippen LogP contribution in [0.1, 0.15) is 39.3 Å². The highest BCUT2D eigenvalue weighted by Crippen LogP contribution is 2.42. The summed E-state index contributed by atoms with van der Waals surface area (Å²) in [5, 5.41) is 8.92. The van der Waals surface area contributed by atoms with Gasteiger partial charge in [0.25, 0.3) is 0 Å². The first-order valence-corrected chi connectivity index (χ1v) is 9.67. The molecule has 2 heterocycles. The standard InChI is InChI=1S/C22H21NO2S/c1-23-12-10-16(11-13-23)21-19-5-3-2-4-15(19)6-7-17-14-18(26-22(17)21)8-9-20(24)25/h2-9,14H,10-13H2,1H3,(H,24,25)/b9-8+. The second-order valence-corrected chi connectivity index (χ2v) is 7.89. The Balaban J connectivity index is 1.88. The van der Waals surface area contributed by atoms with E-state index in [1.165, 1.54) is 38.8 Å². The molecule has 0 amide bonds. The van der Waals surface area contributed by atoms with Crippen LogP contribution in [0.4, 0.5) is 0 Å². The van der Waals surface area contributed by atoms with Gasteiger partial charge < -0.3 is 10.0 Å². The maximum absolute atomic E-state index is 10.9. The lowest BCUT2D eigenvalue weighted by molar-refractivity contribution is -0.131. The summed E-state index contributed by atoms with van der Waals surface area (Å²) in [5.74, 6) is -0.914. The van der Waals surface area contributed by atoms with Crippen molar-refractivity contribution >= 4 is 41.1 Å². The molecule has 0 saturated carbocycles. The Morgan fingerprint density at radius 2 is 1.88 bits per heavy atom. The lowest BCUT2D eigenvalue weighted by Crippen LogP contribution is -2.26. The van der Waals surface area contributed by atoms with Gasteiger partial charge in [0, 0.05) is 28.9 Å². The number of benzene rings is 1. The van der Waals surface area contributed by atoms with E-state index in [4.69, 9.17) is 5.11 Å². The van der Waals surface area contributed by atoms with Crippen molar-refractivity contribution in [1.29, 1.82) is 0 Å². The summed E-state index contributed by atoms with van der Waals surface area (Å²) in [7, 11) is 2.18. The molecule has 26 heavy (non-hydrogen) atoms. The number of carbonyl (C=O) groups is 1. The Bertz CT molecular complexity index is 939. The maximum atomic E-state index is 10.9. The van der Waals surface area contributed by atoms with E-state index in [9.17, 15) is 4.79 Å². The van der Waals surface area contributed by atoms with Crippen LogP contribution in [0.15, 0.2) is 42.0 Å². The molecule has 2 aliphatic rings. The summed E-state index contributed by atoms with van der Waals surface area (Å²) < 4.78 is 0. The van der Waals surface area contributed by atoms with Crippen LogP contribution in [-0.4, -0.2) is 36.1 Å². The second-order valence-electron chi connectivity index (χ2n) is 6.81. The predicted octanol–water partition coefficient (Wildman–Crippen LogP) is 4.86. The molecular weight excluding hydrogens is 342 g/mol. The molecule has 3 nitrogen and oxygen atoms in total. The fourth-order valence-electron chi connectivity index (χ4n) is 3.64. The number of carboxylic acid groups (broad SMARTS) is 1. The molecule has 2 aromatic rings. The molecule has 1 aliphatic heterocycles. The minimum absolute atomic E-state index is 0.914. The SMILES string of the molecule is CN1CCC(=C2c3ccccc3C=Cc3cc(/C=C/C(=O)O)sc32)CC1. The van der Waals surface area contributed by atoms with Gasteiger partial charge in [0.15, 0.2) is 0 Å². The lowest BCUT2D eigenvalue weighted by Gasteiger charge is -2.27. The Kier molecular flexibility index (Phi) is 4.62. The molecule has 1 aromatic heterocycles. The van der Waals surface area contributed by atoms with Crippen molar-refractivity contribution in [1.82, 2.24) is 4.90 Å². The first-order valence-electron chi connectivity index (χ1n) is 8.85. The van der Waals surface area contributed by atoms with Crippen LogP contribution in [0.5, 0.6) is 0 Å². The molecule has 0 bridgehead atoms. The lowest BCUT2D eigenvalue weighted by atomic mass is 9.90. The molecular formula is C22H21NO2S. The highest BCUT2D eigenvalue weighted by Gasteiger charge is 2.23. The molecule has 1 aromatic carbocycles. The third-order valence-electron chi connectivity index (χ3n) is 5.01. The number of thiophene rings is 1. The maximum Gasteiger partial charge on any atom is 0.328 e. The van der Waals surface area contributed by atoms with Crippen LogP contribution < -0.4 is 0 Å². The number of rotatable bonds is 2. The Hall–Kier alpha value is -2.43. The Labute approximate surface area is 157 Å². The van der Waals surface area contributed by atoms with E-state index >= 15 is 0 Å². The number of aliphatic carboxylic acids is 1. The van der Waals surface area contributed by atoms with Crippen LogP contribution in [0.25, 0.3) is 23.8 Å². The summed E-state index contributed by atoms with van der Waals surface area (Å²) in [5.41, 5.74) is 6.58. The van der Waals surface area contributed by atoms with E-state index in [0.29, 0.717) is 0 Å². The van der Waals surface area contributed by atoms with Crippen LogP contribution in [-0.2, 0) is 4.79 Å². The summed E-state index contributed by atoms with van der Waals surface area (Å²) in [4.78, 5) is 15.5. The average Bonchev–Trinajstić information content (AvgIpc) is 2.97. The fraction of sp³-hybridized carbons (Fsp3) is 0.227. The van der Waals surface area contributed by atoms with Gasteiger partial charge >= 0.3 is 5.97 Å². The van der Waals surface area contributed by atoms with E-state index in [-0.39, 0.29) is 0 Å². The van der Waals surface area contributed by atoms with E-state index in [0.717, 1.165) is 30.8 Å². The number of fused-ring (bicyclic) bond motifs is 2. The van der Waals surface area contributed by atoms with Crippen molar-refractivity contribution in [2.75, 3.05) is 20.1 Å². The van der Waals surface area contributed by atoms with Gasteiger partial charge in [-0.05, 0) is 54.3 Å². The summed E-state index contributed by atoms with van der Waals surface area (Å²) in [6.45, 7) is 2.17. The van der Waals surface area contributed by atoms with Crippen LogP contribution >= 0.6 is 11.3 Å². The van der Waals surface area contributed by atoms with Crippen LogP contribution in [0, 0.1) is 0 Å². The van der Waals surface area contributed by atoms with Crippen molar-refractivity contribution in [3.05, 3.63) is 68.4 Å². The van der Waals surface area contributed by atoms with Gasteiger partial charge in [0.05, 0.1) is 0 Å². The predicted molar refractivity (Wildman–Crippen MR) is 109 cm³/mol. The highest BCUT2D eigenvalue weighted by atomic mass is 32.1. The third-order valence-corrected chi connectivity index (χ3v) is 6.15. The zero-order valence-corrected chi connectivity index (χ0v) is 15.6. The normalized spacial score (nSPS) is 17.3. The number of piperidine rings is 1. The molecule has 4 heteroatoms. The van der Waals surface area contributed by atoms with Gasteiger partial charge in [-0.25, -0.2) is 4.79 Å². The Morgan fingerprint density at radius 1 is 1.15 bits per heavy atom. The molecule has 132 valence electrons. The van der Waals surface area contributed by atoms with Crippen LogP contribution in [0.3, 0.4) is 0 Å². The number of carboxylic acids is 1. The van der Waals surface area contributed by atoms with Crippen molar-refractivity contribution in [2.24, 2.45) is 0 Å². The van der Waals surface area contributed by atoms with E-state index in [2.05, 4.69) is 54.4 Å². The number of likely N-dealkylation sites (tertiary alicyclic amines) is 1. The summed E-state index contributed by atoms with van der Waals surface area (Å²) in [6.07, 6.45) is 9.40. The average molecular weight is 363 g/mol. The first-order chi connectivity index (χ1) is 12.6. The van der Waals surface area contributed by atoms with E-state index in [1.807, 2.05) is 0 Å². The smallest absolute Gasteiger partial charge is 0.328 e. The molecule has 1 N–H and O–H groups in total. The van der Waals surface area contributed by atoms with Gasteiger partial charge in [-0.3, -0.25) is 0 Å². The monoisotopic (exact) mass is 363 g/mol. The van der Waals surface area contributed by atoms with Crippen molar-refractivity contribution < 1.29 is 9.90 Å². The van der Waals surface area contributed by atoms with Crippen molar-refractivity contribution in [2.45, 2.75) is 12.8 Å². The minimum atomic E-state index is -0.914. The van der Waals surface area contributed by atoms with Gasteiger partial charge in [-0.1, -0.05) is 42.0 Å². The van der Waals surface area contributed by atoms with Crippen molar-refractivity contribution in [3.63, 3.8) is 0 Å². The third kappa shape index (κ3) is 3.30. The van der Waals surface area contributed by atoms with Crippen molar-refractivity contribution in [3.8, 4) is 0 Å². The number of hydrogen-bond acceptors (Lipinski definition) is 3. The van der Waals surface area contributed by atoms with Gasteiger partial charge in [-0.2, -0.15) is 0 Å². The second kappa shape index (κ2) is 7.06.